The fourth-order valence-electron chi connectivity index (χ4n) is 2.14. The summed E-state index contributed by atoms with van der Waals surface area (Å²) < 4.78 is 37.5. The van der Waals surface area contributed by atoms with Gasteiger partial charge in [0.05, 0.1) is 5.92 Å². The van der Waals surface area contributed by atoms with Gasteiger partial charge in [-0.2, -0.15) is 13.2 Å². The first-order valence-electron chi connectivity index (χ1n) is 5.54. The van der Waals surface area contributed by atoms with Gasteiger partial charge in [-0.3, -0.25) is 0 Å². The van der Waals surface area contributed by atoms with Crippen molar-refractivity contribution in [1.29, 1.82) is 0 Å². The maximum Gasteiger partial charge on any atom is 0.391 e. The SMILES string of the molecule is FC(F)(F)C1CCN(c2cccc(Cl)c2)CC1. The highest BCUT2D eigenvalue weighted by Gasteiger charge is 2.41. The third kappa shape index (κ3) is 3.06. The van der Waals surface area contributed by atoms with E-state index in [1.807, 2.05) is 17.0 Å². The van der Waals surface area contributed by atoms with Crippen LogP contribution in [0.1, 0.15) is 12.8 Å². The largest absolute Gasteiger partial charge is 0.391 e. The maximum atomic E-state index is 12.5. The minimum absolute atomic E-state index is 0.163. The topological polar surface area (TPSA) is 3.24 Å². The number of benzene rings is 1. The van der Waals surface area contributed by atoms with Crippen LogP contribution in [0.25, 0.3) is 0 Å². The van der Waals surface area contributed by atoms with E-state index in [1.54, 1.807) is 12.1 Å². The van der Waals surface area contributed by atoms with Gasteiger partial charge in [0, 0.05) is 23.8 Å². The van der Waals surface area contributed by atoms with E-state index in [9.17, 15) is 13.2 Å². The van der Waals surface area contributed by atoms with Crippen LogP contribution in [0.5, 0.6) is 0 Å². The summed E-state index contributed by atoms with van der Waals surface area (Å²) in [5.41, 5.74) is 0.901. The van der Waals surface area contributed by atoms with Crippen molar-refractivity contribution in [3.63, 3.8) is 0 Å². The second kappa shape index (κ2) is 4.77. The van der Waals surface area contributed by atoms with Crippen LogP contribution in [0.4, 0.5) is 18.9 Å². The van der Waals surface area contributed by atoms with E-state index < -0.39 is 12.1 Å². The number of nitrogens with zero attached hydrogens (tertiary/aromatic N) is 1. The van der Waals surface area contributed by atoms with Gasteiger partial charge in [-0.15, -0.1) is 0 Å². The highest BCUT2D eigenvalue weighted by molar-refractivity contribution is 6.30. The van der Waals surface area contributed by atoms with Crippen LogP contribution in [0.3, 0.4) is 0 Å². The standard InChI is InChI=1S/C12H13ClF3N/c13-10-2-1-3-11(8-10)17-6-4-9(5-7-17)12(14,15)16/h1-3,8-9H,4-7H2. The molecule has 0 N–H and O–H groups in total. The van der Waals surface area contributed by atoms with Gasteiger partial charge in [0.15, 0.2) is 0 Å². The summed E-state index contributed by atoms with van der Waals surface area (Å²) in [5.74, 6) is -1.15. The van der Waals surface area contributed by atoms with Crippen LogP contribution in [0.2, 0.25) is 5.02 Å². The smallest absolute Gasteiger partial charge is 0.371 e. The zero-order valence-electron chi connectivity index (χ0n) is 9.17. The van der Waals surface area contributed by atoms with Crippen molar-refractivity contribution in [3.8, 4) is 0 Å². The summed E-state index contributed by atoms with van der Waals surface area (Å²) >= 11 is 5.86. The molecule has 0 spiro atoms. The highest BCUT2D eigenvalue weighted by atomic mass is 35.5. The predicted octanol–water partition coefficient (Wildman–Crippen LogP) is 4.12. The van der Waals surface area contributed by atoms with Crippen molar-refractivity contribution < 1.29 is 13.2 Å². The van der Waals surface area contributed by atoms with Crippen molar-refractivity contribution >= 4 is 17.3 Å². The van der Waals surface area contributed by atoms with Gasteiger partial charge in [0.25, 0.3) is 0 Å². The van der Waals surface area contributed by atoms with Crippen LogP contribution in [-0.2, 0) is 0 Å². The van der Waals surface area contributed by atoms with Gasteiger partial charge >= 0.3 is 6.18 Å². The first kappa shape index (κ1) is 12.6. The molecule has 0 amide bonds. The Morgan fingerprint density at radius 3 is 2.35 bits per heavy atom. The van der Waals surface area contributed by atoms with Crippen LogP contribution >= 0.6 is 11.6 Å². The molecular weight excluding hydrogens is 251 g/mol. The lowest BCUT2D eigenvalue weighted by Gasteiger charge is -2.34. The van der Waals surface area contributed by atoms with Crippen LogP contribution in [0.15, 0.2) is 24.3 Å². The van der Waals surface area contributed by atoms with E-state index in [2.05, 4.69) is 0 Å². The molecule has 1 aromatic rings. The van der Waals surface area contributed by atoms with Crippen molar-refractivity contribution in [2.75, 3.05) is 18.0 Å². The lowest BCUT2D eigenvalue weighted by atomic mass is 9.96. The van der Waals surface area contributed by atoms with Crippen molar-refractivity contribution in [2.45, 2.75) is 19.0 Å². The second-order valence-electron chi connectivity index (χ2n) is 4.28. The molecule has 1 heterocycles. The highest BCUT2D eigenvalue weighted by Crippen LogP contribution is 2.35. The number of hydrogen-bond acceptors (Lipinski definition) is 1. The molecule has 0 radical (unpaired) electrons. The first-order chi connectivity index (χ1) is 7.97. The molecule has 94 valence electrons. The minimum atomic E-state index is -4.06. The molecular formula is C12H13ClF3N. The van der Waals surface area contributed by atoms with Crippen molar-refractivity contribution in [3.05, 3.63) is 29.3 Å². The van der Waals surface area contributed by atoms with Gasteiger partial charge in [-0.1, -0.05) is 17.7 Å². The fourth-order valence-corrected chi connectivity index (χ4v) is 2.32. The van der Waals surface area contributed by atoms with E-state index in [4.69, 9.17) is 11.6 Å². The Balaban J connectivity index is 2.00. The van der Waals surface area contributed by atoms with Gasteiger partial charge < -0.3 is 4.90 Å². The molecule has 1 aliphatic rings. The predicted molar refractivity (Wildman–Crippen MR) is 62.4 cm³/mol. The molecule has 0 bridgehead atoms. The molecule has 5 heteroatoms. The number of rotatable bonds is 1. The Labute approximate surface area is 103 Å². The molecule has 1 nitrogen and oxygen atoms in total. The van der Waals surface area contributed by atoms with E-state index >= 15 is 0 Å². The monoisotopic (exact) mass is 263 g/mol. The molecule has 0 aromatic heterocycles. The summed E-state index contributed by atoms with van der Waals surface area (Å²) in [6, 6.07) is 7.23. The molecule has 0 unspecified atom stereocenters. The summed E-state index contributed by atoms with van der Waals surface area (Å²) in [6.07, 6.45) is -3.73. The van der Waals surface area contributed by atoms with Gasteiger partial charge in [0.2, 0.25) is 0 Å². The summed E-state index contributed by atoms with van der Waals surface area (Å²) in [7, 11) is 0. The van der Waals surface area contributed by atoms with Gasteiger partial charge in [-0.25, -0.2) is 0 Å². The van der Waals surface area contributed by atoms with E-state index in [-0.39, 0.29) is 12.8 Å². The third-order valence-electron chi connectivity index (χ3n) is 3.13. The molecule has 1 saturated heterocycles. The minimum Gasteiger partial charge on any atom is -0.371 e. The molecule has 0 saturated carbocycles. The van der Waals surface area contributed by atoms with Crippen molar-refractivity contribution in [1.82, 2.24) is 0 Å². The molecule has 1 fully saturated rings. The average molecular weight is 264 g/mol. The Morgan fingerprint density at radius 2 is 1.82 bits per heavy atom. The Kier molecular flexibility index (Phi) is 3.52. The third-order valence-corrected chi connectivity index (χ3v) is 3.37. The number of halogens is 4. The molecule has 0 atom stereocenters. The molecule has 2 rings (SSSR count). The number of anilines is 1. The normalized spacial score (nSPS) is 18.5. The quantitative estimate of drug-likeness (QED) is 0.737. The molecule has 1 aliphatic heterocycles. The summed E-state index contributed by atoms with van der Waals surface area (Å²) in [4.78, 5) is 1.95. The molecule has 0 aliphatic carbocycles. The lowest BCUT2D eigenvalue weighted by molar-refractivity contribution is -0.179. The summed E-state index contributed by atoms with van der Waals surface area (Å²) in [6.45, 7) is 0.870. The average Bonchev–Trinajstić information content (AvgIpc) is 2.28. The van der Waals surface area contributed by atoms with E-state index in [0.717, 1.165) is 5.69 Å². The fraction of sp³-hybridized carbons (Fsp3) is 0.500. The maximum absolute atomic E-state index is 12.5. The summed E-state index contributed by atoms with van der Waals surface area (Å²) in [5, 5.41) is 0.612. The van der Waals surface area contributed by atoms with E-state index in [0.29, 0.717) is 18.1 Å². The van der Waals surface area contributed by atoms with Crippen LogP contribution in [-0.4, -0.2) is 19.3 Å². The molecule has 1 aromatic carbocycles. The van der Waals surface area contributed by atoms with Crippen LogP contribution < -0.4 is 4.90 Å². The van der Waals surface area contributed by atoms with Crippen molar-refractivity contribution in [2.24, 2.45) is 5.92 Å². The zero-order chi connectivity index (χ0) is 12.5. The lowest BCUT2D eigenvalue weighted by Crippen LogP contribution is -2.38. The Hall–Kier alpha value is -0.900. The molecule has 17 heavy (non-hydrogen) atoms. The second-order valence-corrected chi connectivity index (χ2v) is 4.72. The number of alkyl halides is 3. The Morgan fingerprint density at radius 1 is 1.18 bits per heavy atom. The van der Waals surface area contributed by atoms with Gasteiger partial charge in [-0.05, 0) is 31.0 Å². The van der Waals surface area contributed by atoms with Gasteiger partial charge in [0.1, 0.15) is 0 Å². The zero-order valence-corrected chi connectivity index (χ0v) is 9.93. The van der Waals surface area contributed by atoms with Crippen LogP contribution in [0, 0.1) is 5.92 Å². The number of hydrogen-bond donors (Lipinski definition) is 0. The Bertz CT molecular complexity index is 384. The number of piperidine rings is 1. The first-order valence-corrected chi connectivity index (χ1v) is 5.92. The van der Waals surface area contributed by atoms with E-state index in [1.165, 1.54) is 0 Å².